The molecule has 0 spiro atoms. The summed E-state index contributed by atoms with van der Waals surface area (Å²) in [6, 6.07) is 78.9. The van der Waals surface area contributed by atoms with E-state index in [4.69, 9.17) is 77.1 Å². The number of hydrogen-bond donors (Lipinski definition) is 0. The van der Waals surface area contributed by atoms with Crippen molar-refractivity contribution in [2.24, 2.45) is 0 Å². The molecule has 9 heterocycles. The van der Waals surface area contributed by atoms with Gasteiger partial charge in [0.15, 0.2) is 0 Å². The van der Waals surface area contributed by atoms with Gasteiger partial charge in [0, 0.05) is 111 Å². The largest absolute Gasteiger partial charge is 2.00 e. The van der Waals surface area contributed by atoms with Crippen molar-refractivity contribution in [3.63, 3.8) is 0 Å². The van der Waals surface area contributed by atoms with Crippen molar-refractivity contribution < 1.29 is 56.7 Å². The van der Waals surface area contributed by atoms with E-state index in [0.29, 0.717) is 89.8 Å². The molecule has 0 fully saturated rings. The van der Waals surface area contributed by atoms with Crippen molar-refractivity contribution >= 4 is 94.5 Å². The van der Waals surface area contributed by atoms with Gasteiger partial charge in [0.25, 0.3) is 0 Å². The minimum Gasteiger partial charge on any atom is -0.519 e. The summed E-state index contributed by atoms with van der Waals surface area (Å²) in [4.78, 5) is 42.8. The van der Waals surface area contributed by atoms with Gasteiger partial charge in [-0.2, -0.15) is 0 Å². The first kappa shape index (κ1) is 84.9. The molecule has 0 radical (unpaired) electrons. The van der Waals surface area contributed by atoms with Crippen LogP contribution in [0.25, 0.3) is 89.7 Å². The summed E-state index contributed by atoms with van der Waals surface area (Å²) < 4.78 is 53.8. The van der Waals surface area contributed by atoms with Crippen LogP contribution in [0.15, 0.2) is 243 Å². The van der Waals surface area contributed by atoms with Gasteiger partial charge in [0.1, 0.15) is 46.0 Å². The normalized spacial score (nSPS) is 12.5. The van der Waals surface area contributed by atoms with E-state index in [1.54, 1.807) is 0 Å². The zero-order chi connectivity index (χ0) is 90.3. The van der Waals surface area contributed by atoms with Gasteiger partial charge in [-0.3, -0.25) is 0 Å². The molecule has 6 aliphatic heterocycles. The van der Waals surface area contributed by atoms with Crippen LogP contribution in [-0.4, -0.2) is 58.4 Å². The Morgan fingerprint density at radius 1 is 0.211 bits per heavy atom. The maximum absolute atomic E-state index is 6.72. The van der Waals surface area contributed by atoms with Crippen molar-refractivity contribution in [1.82, 2.24) is 39.9 Å². The Morgan fingerprint density at radius 3 is 0.534 bits per heavy atom. The van der Waals surface area contributed by atoms with Crippen molar-refractivity contribution in [2.45, 2.75) is 105 Å². The summed E-state index contributed by atoms with van der Waals surface area (Å²) >= 11 is 0. The summed E-state index contributed by atoms with van der Waals surface area (Å²) in [5.74, 6) is 54.2. The van der Waals surface area contributed by atoms with Crippen LogP contribution in [0.5, 0.6) is 46.0 Å². The van der Waals surface area contributed by atoms with Crippen LogP contribution in [0.4, 0.5) is 0 Å². The summed E-state index contributed by atoms with van der Waals surface area (Å²) in [5, 5.41) is 2.27. The number of aromatic nitrogens is 8. The Kier molecular flexibility index (Phi) is 21.7. The van der Waals surface area contributed by atoms with Crippen molar-refractivity contribution in [1.29, 1.82) is 0 Å². The summed E-state index contributed by atoms with van der Waals surface area (Å²) in [7, 11) is -3.34. The fourth-order valence-corrected chi connectivity index (χ4v) is 15.9. The summed E-state index contributed by atoms with van der Waals surface area (Å²) in [5.41, 5.74) is 18.1. The molecule has 0 saturated carbocycles. The molecule has 6 aliphatic rings. The van der Waals surface area contributed by atoms with E-state index in [-0.39, 0.29) is 87.0 Å². The predicted molar refractivity (Wildman–Crippen MR) is 522 cm³/mol. The standard InChI is InChI=1S/C112H76B4N8O8.Zn/c1-109(2,3)77-45-29-69(30-46-77)21-13-17-25-73-37-53-81(54-38-73)113-125-93-61-85-86(62-94(93)126-113)102-117-101(85)121-103-87-63-95-97(129-114(127-95)82-55-39-74(40-56-82)26-18-14-22-70-31-47-78(48-32-70)110(4,5)6)65-89(87)105(118-103)123-107-91-67-99-100(132-116(131-99)84-59-43-76(44-60-84)28-20-16-24-72-35-51-80(52-36-72)112(10,11)12)68-92(91)108(120-107)124-106-90-66-98-96(64-88(90)104(119-106)122-102)128-115(130-98)83-57-41-75(42-58-83)27-19-15-23-71-33-49-79(50-34-71)111(7,8)9;/h29-68H,1-12H3;/q-2;+2. The molecule has 0 unspecified atom stereocenters. The molecule has 0 atom stereocenters. The van der Waals surface area contributed by atoms with E-state index < -0.39 is 28.5 Å². The molecule has 626 valence electrons. The van der Waals surface area contributed by atoms with Crippen LogP contribution in [0, 0.1) is 94.7 Å². The average Bonchev–Trinajstić information content (AvgIpc) is 1.58. The molecule has 133 heavy (non-hydrogen) atoms. The van der Waals surface area contributed by atoms with Crippen LogP contribution in [0.3, 0.4) is 0 Å². The first-order valence-electron chi connectivity index (χ1n) is 43.4. The maximum Gasteiger partial charge on any atom is 2.00 e. The Labute approximate surface area is 786 Å². The van der Waals surface area contributed by atoms with E-state index in [9.17, 15) is 0 Å². The zero-order valence-corrected chi connectivity index (χ0v) is 77.9. The van der Waals surface area contributed by atoms with Gasteiger partial charge in [-0.1, -0.05) is 228 Å². The maximum atomic E-state index is 6.72. The van der Waals surface area contributed by atoms with Crippen molar-refractivity contribution in [2.75, 3.05) is 0 Å². The van der Waals surface area contributed by atoms with Gasteiger partial charge in [-0.15, -0.1) is 0 Å². The quantitative estimate of drug-likeness (QED) is 0.120. The van der Waals surface area contributed by atoms with Gasteiger partial charge >= 0.3 is 48.0 Å². The Balaban J connectivity index is 0.0000110. The molecule has 12 aromatic carbocycles. The fraction of sp³-hybridized carbons (Fsp3) is 0.143. The third kappa shape index (κ3) is 17.6. The summed E-state index contributed by atoms with van der Waals surface area (Å²) in [6.07, 6.45) is 0. The minimum atomic E-state index is -0.836. The van der Waals surface area contributed by atoms with E-state index in [1.165, 1.54) is 22.3 Å². The van der Waals surface area contributed by atoms with Gasteiger partial charge in [-0.05, 0) is 258 Å². The molecular weight excluding hydrogens is 1690 g/mol. The first-order valence-corrected chi connectivity index (χ1v) is 43.4. The second kappa shape index (κ2) is 34.0. The molecule has 0 saturated heterocycles. The molecule has 16 nitrogen and oxygen atoms in total. The number of hydrogen-bond acceptors (Lipinski definition) is 14. The van der Waals surface area contributed by atoms with Crippen LogP contribution in [-0.2, 0) is 41.1 Å². The van der Waals surface area contributed by atoms with Gasteiger partial charge in [0.05, 0.1) is 23.3 Å². The second-order valence-corrected chi connectivity index (χ2v) is 36.9. The minimum absolute atomic E-state index is 0. The number of benzene rings is 12. The zero-order valence-electron chi connectivity index (χ0n) is 75.0. The molecule has 15 aromatic rings. The molecule has 3 aromatic heterocycles. The smallest absolute Gasteiger partial charge is 0.519 e. The number of fused-ring (bicyclic) bond motifs is 24. The Bertz CT molecular complexity index is 7430. The topological polar surface area (TPSA) is 179 Å². The third-order valence-corrected chi connectivity index (χ3v) is 23.5. The predicted octanol–water partition coefficient (Wildman–Crippen LogP) is 17.6. The van der Waals surface area contributed by atoms with E-state index in [0.717, 1.165) is 66.4 Å². The van der Waals surface area contributed by atoms with Crippen LogP contribution in [0.1, 0.15) is 150 Å². The molecule has 21 rings (SSSR count). The van der Waals surface area contributed by atoms with Crippen LogP contribution < -0.4 is 69.1 Å². The fourth-order valence-electron chi connectivity index (χ4n) is 15.9. The van der Waals surface area contributed by atoms with Gasteiger partial charge in [0.2, 0.25) is 0 Å². The molecule has 0 amide bonds. The van der Waals surface area contributed by atoms with E-state index >= 15 is 0 Å². The number of nitrogens with zero attached hydrogens (tertiary/aromatic N) is 8. The third-order valence-electron chi connectivity index (χ3n) is 23.5. The van der Waals surface area contributed by atoms with E-state index in [2.05, 4.69) is 226 Å². The van der Waals surface area contributed by atoms with Crippen LogP contribution in [0.2, 0.25) is 0 Å². The summed E-state index contributed by atoms with van der Waals surface area (Å²) in [6.45, 7) is 26.3. The monoisotopic (exact) mass is 1770 g/mol. The first-order chi connectivity index (χ1) is 63.7. The van der Waals surface area contributed by atoms with Gasteiger partial charge in [-0.25, -0.2) is 9.97 Å². The molecule has 21 heteroatoms. The number of rotatable bonds is 4. The van der Waals surface area contributed by atoms with Crippen molar-refractivity contribution in [3.05, 3.63) is 309 Å². The molecule has 0 aliphatic carbocycles. The van der Waals surface area contributed by atoms with E-state index in [1.807, 2.05) is 194 Å². The van der Waals surface area contributed by atoms with Gasteiger partial charge < -0.3 is 67.1 Å². The Morgan fingerprint density at radius 2 is 0.368 bits per heavy atom. The van der Waals surface area contributed by atoms with Crippen LogP contribution >= 0.6 is 0 Å². The Hall–Kier alpha value is -16.2. The SMILES string of the molecule is CC(C)(C)c1ccc(C#CC#Cc2ccc(B3Oc4cc5c(cc4O3)-c3nc-5nc4[n-]c(nc5nc(nc6[n-]c(n3)c3cc7c(cc63)OB(c3ccc(C#CC#Cc6ccc(C(C)(C)C)cc6)cc3)O7)-c3cc6c(cc3-5)OB(c3ccc(C#CC#Cc5ccc(C(C)(C)C)cc5)cc3)O6)c3cc5c(cc43)OB(c3ccc(C#CC#Cc4ccc(C(C)(C)C)cc4)cc3)O5)cc2)cc1.[Zn+2]. The van der Waals surface area contributed by atoms with Crippen molar-refractivity contribution in [3.8, 4) is 186 Å². The average molecular weight is 1770 g/mol. The molecule has 0 N–H and O–H groups in total. The molecular formula is C112H76B4N8O8Zn. The molecule has 8 bridgehead atoms. The second-order valence-electron chi connectivity index (χ2n) is 36.9.